The summed E-state index contributed by atoms with van der Waals surface area (Å²) in [6, 6.07) is 6.38. The zero-order chi connectivity index (χ0) is 14.9. The van der Waals surface area contributed by atoms with E-state index in [1.165, 1.54) is 0 Å². The van der Waals surface area contributed by atoms with E-state index in [-0.39, 0.29) is 18.0 Å². The van der Waals surface area contributed by atoms with E-state index in [4.69, 9.17) is 16.7 Å². The Labute approximate surface area is 133 Å². The second-order valence-corrected chi connectivity index (χ2v) is 6.81. The molecule has 3 atom stereocenters. The monoisotopic (exact) mass is 359 g/mol. The molecule has 0 aliphatic carbocycles. The molecule has 1 aromatic carbocycles. The van der Waals surface area contributed by atoms with Crippen LogP contribution in [0.4, 0.5) is 0 Å². The fourth-order valence-corrected chi connectivity index (χ4v) is 3.84. The molecule has 1 aromatic rings. The molecular weight excluding hydrogens is 342 g/mol. The minimum atomic E-state index is -0.675. The van der Waals surface area contributed by atoms with Crippen LogP contribution in [-0.4, -0.2) is 28.6 Å². The maximum Gasteiger partial charge on any atom is 0.306 e. The minimum Gasteiger partial charge on any atom is -0.481 e. The fraction of sp³-hybridized carbons (Fsp3) is 0.533. The first-order valence-electron chi connectivity index (χ1n) is 6.83. The van der Waals surface area contributed by atoms with Gasteiger partial charge < -0.3 is 5.11 Å². The average Bonchev–Trinajstić information content (AvgIpc) is 2.37. The molecule has 1 N–H and O–H groups in total. The van der Waals surface area contributed by atoms with E-state index in [1.54, 1.807) is 0 Å². The molecule has 110 valence electrons. The van der Waals surface area contributed by atoms with Crippen LogP contribution in [0.1, 0.15) is 38.3 Å². The Morgan fingerprint density at radius 1 is 1.55 bits per heavy atom. The van der Waals surface area contributed by atoms with E-state index in [0.717, 1.165) is 21.6 Å². The summed E-state index contributed by atoms with van der Waals surface area (Å²) < 4.78 is 0.969. The summed E-state index contributed by atoms with van der Waals surface area (Å²) in [5.41, 5.74) is 1.09. The Hall–Kier alpha value is -0.580. The van der Waals surface area contributed by atoms with Crippen LogP contribution in [0.15, 0.2) is 22.7 Å². The van der Waals surface area contributed by atoms with Crippen LogP contribution < -0.4 is 0 Å². The molecule has 0 spiro atoms. The summed E-state index contributed by atoms with van der Waals surface area (Å²) in [5, 5.41) is 9.88. The molecule has 20 heavy (non-hydrogen) atoms. The van der Waals surface area contributed by atoms with Gasteiger partial charge in [0.05, 0.1) is 5.92 Å². The standard InChI is InChI=1S/C15H19BrClNO2/c1-9-7-11(15(19)20)5-6-18(9)10(2)13-4-3-12(16)8-14(13)17/h3-4,8-11H,5-7H2,1-2H3,(H,19,20). The summed E-state index contributed by atoms with van der Waals surface area (Å²) in [5.74, 6) is -0.889. The molecule has 0 aromatic heterocycles. The van der Waals surface area contributed by atoms with Gasteiger partial charge in [0, 0.05) is 21.6 Å². The lowest BCUT2D eigenvalue weighted by atomic mass is 9.89. The highest BCUT2D eigenvalue weighted by atomic mass is 79.9. The summed E-state index contributed by atoms with van der Waals surface area (Å²) >= 11 is 9.73. The SMILES string of the molecule is CC1CC(C(=O)O)CCN1C(C)c1ccc(Br)cc1Cl. The molecule has 0 saturated carbocycles. The minimum absolute atomic E-state index is 0.195. The van der Waals surface area contributed by atoms with E-state index in [0.29, 0.717) is 12.8 Å². The second kappa shape index (κ2) is 6.46. The van der Waals surface area contributed by atoms with Gasteiger partial charge >= 0.3 is 5.97 Å². The number of nitrogens with zero attached hydrogens (tertiary/aromatic N) is 1. The highest BCUT2D eigenvalue weighted by molar-refractivity contribution is 9.10. The molecule has 0 bridgehead atoms. The van der Waals surface area contributed by atoms with Crippen LogP contribution in [-0.2, 0) is 4.79 Å². The lowest BCUT2D eigenvalue weighted by Gasteiger charge is -2.40. The molecule has 3 nitrogen and oxygen atoms in total. The Morgan fingerprint density at radius 3 is 2.80 bits per heavy atom. The molecular formula is C15H19BrClNO2. The number of halogens is 2. The van der Waals surface area contributed by atoms with Crippen LogP contribution in [0.25, 0.3) is 0 Å². The first kappa shape index (κ1) is 15.8. The van der Waals surface area contributed by atoms with E-state index < -0.39 is 5.97 Å². The van der Waals surface area contributed by atoms with E-state index in [1.807, 2.05) is 18.2 Å². The van der Waals surface area contributed by atoms with Crippen molar-refractivity contribution in [3.63, 3.8) is 0 Å². The van der Waals surface area contributed by atoms with Crippen LogP contribution in [0.2, 0.25) is 5.02 Å². The van der Waals surface area contributed by atoms with Crippen LogP contribution >= 0.6 is 27.5 Å². The Bertz CT molecular complexity index is 509. The third kappa shape index (κ3) is 3.35. The molecule has 5 heteroatoms. The first-order valence-corrected chi connectivity index (χ1v) is 8.00. The number of carboxylic acids is 1. The fourth-order valence-electron chi connectivity index (χ4n) is 3.01. The van der Waals surface area contributed by atoms with Gasteiger partial charge in [-0.25, -0.2) is 0 Å². The molecule has 2 rings (SSSR count). The summed E-state index contributed by atoms with van der Waals surface area (Å²) in [7, 11) is 0. The van der Waals surface area contributed by atoms with Gasteiger partial charge in [-0.3, -0.25) is 9.69 Å². The number of hydrogen-bond acceptors (Lipinski definition) is 2. The van der Waals surface area contributed by atoms with E-state index >= 15 is 0 Å². The lowest BCUT2D eigenvalue weighted by molar-refractivity contribution is -0.144. The molecule has 1 aliphatic rings. The highest BCUT2D eigenvalue weighted by Gasteiger charge is 2.32. The normalized spacial score (nSPS) is 25.4. The number of carboxylic acid groups (broad SMARTS) is 1. The van der Waals surface area contributed by atoms with Crippen LogP contribution in [0.3, 0.4) is 0 Å². The quantitative estimate of drug-likeness (QED) is 0.871. The Kier molecular flexibility index (Phi) is 5.10. The van der Waals surface area contributed by atoms with Crippen molar-refractivity contribution in [3.05, 3.63) is 33.3 Å². The van der Waals surface area contributed by atoms with Crippen LogP contribution in [0, 0.1) is 5.92 Å². The van der Waals surface area contributed by atoms with Crippen molar-refractivity contribution in [1.29, 1.82) is 0 Å². The second-order valence-electron chi connectivity index (χ2n) is 5.49. The third-order valence-electron chi connectivity index (χ3n) is 4.19. The zero-order valence-electron chi connectivity index (χ0n) is 11.6. The largest absolute Gasteiger partial charge is 0.481 e. The first-order chi connectivity index (χ1) is 9.40. The maximum absolute atomic E-state index is 11.1. The van der Waals surface area contributed by atoms with Crippen molar-refractivity contribution in [1.82, 2.24) is 4.90 Å². The van der Waals surface area contributed by atoms with Gasteiger partial charge in [-0.2, -0.15) is 0 Å². The van der Waals surface area contributed by atoms with Gasteiger partial charge in [-0.1, -0.05) is 33.6 Å². The van der Waals surface area contributed by atoms with Crippen molar-refractivity contribution in [3.8, 4) is 0 Å². The molecule has 1 aliphatic heterocycles. The van der Waals surface area contributed by atoms with Crippen LogP contribution in [0.5, 0.6) is 0 Å². The molecule has 1 saturated heterocycles. The van der Waals surface area contributed by atoms with Gasteiger partial charge in [-0.05, 0) is 50.9 Å². The number of aliphatic carboxylic acids is 1. The number of hydrogen-bond donors (Lipinski definition) is 1. The van der Waals surface area contributed by atoms with Crippen molar-refractivity contribution < 1.29 is 9.90 Å². The van der Waals surface area contributed by atoms with Gasteiger partial charge in [0.15, 0.2) is 0 Å². The highest BCUT2D eigenvalue weighted by Crippen LogP contribution is 2.34. The lowest BCUT2D eigenvalue weighted by Crippen LogP contribution is -2.43. The number of benzene rings is 1. The van der Waals surface area contributed by atoms with Crippen molar-refractivity contribution in [2.75, 3.05) is 6.54 Å². The summed E-state index contributed by atoms with van der Waals surface area (Å²) in [6.45, 7) is 5.02. The Balaban J connectivity index is 2.13. The molecule has 0 amide bonds. The van der Waals surface area contributed by atoms with Gasteiger partial charge in [0.2, 0.25) is 0 Å². The van der Waals surface area contributed by atoms with E-state index in [2.05, 4.69) is 34.7 Å². The predicted octanol–water partition coefficient (Wildman–Crippen LogP) is 4.35. The smallest absolute Gasteiger partial charge is 0.306 e. The third-order valence-corrected chi connectivity index (χ3v) is 5.01. The molecule has 0 radical (unpaired) electrons. The van der Waals surface area contributed by atoms with Gasteiger partial charge in [0.25, 0.3) is 0 Å². The Morgan fingerprint density at radius 2 is 2.25 bits per heavy atom. The zero-order valence-corrected chi connectivity index (χ0v) is 14.0. The molecule has 1 heterocycles. The van der Waals surface area contributed by atoms with Gasteiger partial charge in [0.1, 0.15) is 0 Å². The van der Waals surface area contributed by atoms with E-state index in [9.17, 15) is 4.79 Å². The number of likely N-dealkylation sites (tertiary alicyclic amines) is 1. The summed E-state index contributed by atoms with van der Waals surface area (Å²) in [6.07, 6.45) is 1.41. The predicted molar refractivity (Wildman–Crippen MR) is 84.1 cm³/mol. The maximum atomic E-state index is 11.1. The van der Waals surface area contributed by atoms with Gasteiger partial charge in [-0.15, -0.1) is 0 Å². The van der Waals surface area contributed by atoms with Crippen molar-refractivity contribution in [2.45, 2.75) is 38.8 Å². The topological polar surface area (TPSA) is 40.5 Å². The summed E-state index contributed by atoms with van der Waals surface area (Å²) in [4.78, 5) is 13.4. The molecule has 3 unspecified atom stereocenters. The van der Waals surface area contributed by atoms with Crippen molar-refractivity contribution in [2.24, 2.45) is 5.92 Å². The molecule has 1 fully saturated rings. The average molecular weight is 361 g/mol. The van der Waals surface area contributed by atoms with Crippen molar-refractivity contribution >= 4 is 33.5 Å². The number of piperidine rings is 1. The number of carbonyl (C=O) groups is 1. The number of rotatable bonds is 3.